The fourth-order valence-corrected chi connectivity index (χ4v) is 2.41. The third-order valence-corrected chi connectivity index (χ3v) is 3.72. The molecule has 6 heteroatoms. The zero-order valence-corrected chi connectivity index (χ0v) is 13.6. The molecule has 1 heterocycles. The lowest BCUT2D eigenvalue weighted by molar-refractivity contribution is -0.126. The first kappa shape index (κ1) is 17.5. The van der Waals surface area contributed by atoms with Crippen molar-refractivity contribution >= 4 is 23.7 Å². The summed E-state index contributed by atoms with van der Waals surface area (Å²) >= 11 is 0. The minimum atomic E-state index is -0.0585. The molecule has 3 rings (SSSR count). The second-order valence-electron chi connectivity index (χ2n) is 5.20. The van der Waals surface area contributed by atoms with E-state index in [9.17, 15) is 9.59 Å². The van der Waals surface area contributed by atoms with Crippen LogP contribution in [0.15, 0.2) is 54.6 Å². The summed E-state index contributed by atoms with van der Waals surface area (Å²) in [5.41, 5.74) is 2.46. The molecule has 0 aromatic heterocycles. The molecule has 1 aliphatic rings. The number of anilines is 2. The number of rotatable bonds is 4. The Labute approximate surface area is 141 Å². The number of aliphatic hydroxyl groups excluding tert-OH is 1. The monoisotopic (exact) mass is 327 g/mol. The van der Waals surface area contributed by atoms with Gasteiger partial charge in [0.1, 0.15) is 0 Å². The number of nitrogens with zero attached hydrogens (tertiary/aromatic N) is 2. The van der Waals surface area contributed by atoms with E-state index in [-0.39, 0.29) is 12.5 Å². The molecule has 0 unspecified atom stereocenters. The van der Waals surface area contributed by atoms with E-state index in [1.54, 1.807) is 23.2 Å². The van der Waals surface area contributed by atoms with Crippen molar-refractivity contribution < 1.29 is 14.7 Å². The largest absolute Gasteiger partial charge is 0.392 e. The highest BCUT2D eigenvalue weighted by atomic mass is 16.3. The van der Waals surface area contributed by atoms with E-state index >= 15 is 0 Å². The molecular weight excluding hydrogens is 306 g/mol. The summed E-state index contributed by atoms with van der Waals surface area (Å²) in [4.78, 5) is 21.3. The quantitative estimate of drug-likeness (QED) is 0.843. The number of aliphatic hydroxyl groups is 1. The van der Waals surface area contributed by atoms with Gasteiger partial charge < -0.3 is 10.4 Å². The maximum atomic E-state index is 11.2. The zero-order chi connectivity index (χ0) is 17.4. The number of carbonyl (C=O) groups excluding carboxylic acids is 2. The van der Waals surface area contributed by atoms with Crippen LogP contribution in [0, 0.1) is 0 Å². The number of carbonyl (C=O) groups is 2. The van der Waals surface area contributed by atoms with Crippen LogP contribution in [-0.4, -0.2) is 36.0 Å². The Morgan fingerprint density at radius 3 is 2.38 bits per heavy atom. The van der Waals surface area contributed by atoms with Gasteiger partial charge in [0, 0.05) is 31.3 Å². The lowest BCUT2D eigenvalue weighted by Gasteiger charge is -2.25. The van der Waals surface area contributed by atoms with Crippen molar-refractivity contribution in [3.8, 4) is 0 Å². The predicted molar refractivity (Wildman–Crippen MR) is 93.2 cm³/mol. The first-order valence-corrected chi connectivity index (χ1v) is 7.65. The predicted octanol–water partition coefficient (Wildman–Crippen LogP) is 2.02. The van der Waals surface area contributed by atoms with Crippen LogP contribution in [0.5, 0.6) is 0 Å². The minimum absolute atomic E-state index is 0.0585. The van der Waals surface area contributed by atoms with Crippen molar-refractivity contribution in [3.05, 3.63) is 60.2 Å². The third-order valence-electron chi connectivity index (χ3n) is 3.72. The number of hydrazine groups is 1. The highest BCUT2D eigenvalue weighted by Gasteiger charge is 2.24. The summed E-state index contributed by atoms with van der Waals surface area (Å²) in [6.45, 7) is 0.732. The summed E-state index contributed by atoms with van der Waals surface area (Å²) < 4.78 is 0. The highest BCUT2D eigenvalue weighted by molar-refractivity contribution is 5.81. The molecule has 1 aliphatic heterocycles. The van der Waals surface area contributed by atoms with Crippen LogP contribution in [-0.2, 0) is 16.2 Å². The van der Waals surface area contributed by atoms with Gasteiger partial charge in [-0.3, -0.25) is 19.6 Å². The van der Waals surface area contributed by atoms with Gasteiger partial charge in [0.25, 0.3) is 0 Å². The van der Waals surface area contributed by atoms with Gasteiger partial charge in [-0.15, -0.1) is 0 Å². The molecule has 6 nitrogen and oxygen atoms in total. The molecule has 0 atom stereocenters. The van der Waals surface area contributed by atoms with Crippen LogP contribution in [0.2, 0.25) is 0 Å². The standard InChI is InChI=1S/C10H12N2O.C8H9NO2/c1-11-10(13)7-8-12(11)9-5-3-2-4-6-9;10-5-7-3-1-2-4-8(7)9-6-11/h2-6H,7-8H2,1H3;1-4,6,10H,5H2,(H,9,11). The summed E-state index contributed by atoms with van der Waals surface area (Å²) in [5.74, 6) is 0.184. The fourth-order valence-electron chi connectivity index (χ4n) is 2.41. The van der Waals surface area contributed by atoms with E-state index in [0.29, 0.717) is 18.5 Å². The van der Waals surface area contributed by atoms with E-state index in [4.69, 9.17) is 5.11 Å². The van der Waals surface area contributed by atoms with E-state index in [2.05, 4.69) is 5.32 Å². The number of benzene rings is 2. The minimum Gasteiger partial charge on any atom is -0.392 e. The smallest absolute Gasteiger partial charge is 0.242 e. The lowest BCUT2D eigenvalue weighted by Crippen LogP contribution is -2.35. The van der Waals surface area contributed by atoms with Crippen molar-refractivity contribution in [1.29, 1.82) is 0 Å². The van der Waals surface area contributed by atoms with E-state index in [1.807, 2.05) is 48.5 Å². The van der Waals surface area contributed by atoms with Crippen LogP contribution in [0.25, 0.3) is 0 Å². The first-order chi connectivity index (χ1) is 11.7. The molecule has 2 aromatic rings. The summed E-state index contributed by atoms with van der Waals surface area (Å²) in [6, 6.07) is 17.0. The van der Waals surface area contributed by atoms with Crippen molar-refractivity contribution in [1.82, 2.24) is 5.01 Å². The van der Waals surface area contributed by atoms with E-state index in [1.165, 1.54) is 0 Å². The number of para-hydroxylation sites is 2. The molecule has 1 saturated heterocycles. The van der Waals surface area contributed by atoms with E-state index in [0.717, 1.165) is 17.8 Å². The molecule has 2 aromatic carbocycles. The second-order valence-corrected chi connectivity index (χ2v) is 5.20. The van der Waals surface area contributed by atoms with E-state index < -0.39 is 0 Å². The third kappa shape index (κ3) is 4.33. The van der Waals surface area contributed by atoms with Gasteiger partial charge >= 0.3 is 0 Å². The SMILES string of the molecule is CN1C(=O)CCN1c1ccccc1.O=CNc1ccccc1CO. The Bertz CT molecular complexity index is 676. The van der Waals surface area contributed by atoms with Gasteiger partial charge in [-0.1, -0.05) is 36.4 Å². The van der Waals surface area contributed by atoms with Crippen molar-refractivity contribution in [2.45, 2.75) is 13.0 Å². The van der Waals surface area contributed by atoms with Gasteiger partial charge in [-0.2, -0.15) is 0 Å². The molecule has 24 heavy (non-hydrogen) atoms. The average molecular weight is 327 g/mol. The number of hydrogen-bond acceptors (Lipinski definition) is 4. The van der Waals surface area contributed by atoms with Crippen molar-refractivity contribution in [2.24, 2.45) is 0 Å². The highest BCUT2D eigenvalue weighted by Crippen LogP contribution is 2.20. The summed E-state index contributed by atoms with van der Waals surface area (Å²) in [5, 5.41) is 14.9. The molecule has 2 amide bonds. The Kier molecular flexibility index (Phi) is 6.33. The molecule has 0 spiro atoms. The fraction of sp³-hybridized carbons (Fsp3) is 0.222. The Hall–Kier alpha value is -2.86. The Morgan fingerprint density at radius 1 is 1.12 bits per heavy atom. The van der Waals surface area contributed by atoms with Crippen molar-refractivity contribution in [3.63, 3.8) is 0 Å². The molecule has 0 radical (unpaired) electrons. The van der Waals surface area contributed by atoms with Gasteiger partial charge in [-0.25, -0.2) is 0 Å². The van der Waals surface area contributed by atoms with Gasteiger partial charge in [-0.05, 0) is 18.2 Å². The van der Waals surface area contributed by atoms with Gasteiger partial charge in [0.05, 0.1) is 12.3 Å². The lowest BCUT2D eigenvalue weighted by atomic mass is 10.2. The Morgan fingerprint density at radius 2 is 1.79 bits per heavy atom. The second kappa shape index (κ2) is 8.69. The topological polar surface area (TPSA) is 72.9 Å². The first-order valence-electron chi connectivity index (χ1n) is 7.65. The molecule has 0 saturated carbocycles. The van der Waals surface area contributed by atoms with Crippen LogP contribution in [0.1, 0.15) is 12.0 Å². The average Bonchev–Trinajstić information content (AvgIpc) is 2.96. The summed E-state index contributed by atoms with van der Waals surface area (Å²) in [7, 11) is 1.81. The van der Waals surface area contributed by atoms with Crippen LogP contribution in [0.3, 0.4) is 0 Å². The van der Waals surface area contributed by atoms with Gasteiger partial charge in [0.2, 0.25) is 12.3 Å². The molecular formula is C18H21N3O3. The number of amides is 2. The normalized spacial score (nSPS) is 13.3. The van der Waals surface area contributed by atoms with Crippen LogP contribution >= 0.6 is 0 Å². The number of nitrogens with one attached hydrogen (secondary N) is 1. The molecule has 1 fully saturated rings. The van der Waals surface area contributed by atoms with Crippen LogP contribution < -0.4 is 10.3 Å². The summed E-state index contributed by atoms with van der Waals surface area (Å²) in [6.07, 6.45) is 1.21. The maximum Gasteiger partial charge on any atom is 0.242 e. The Balaban J connectivity index is 0.000000177. The number of hydrogen-bond donors (Lipinski definition) is 2. The van der Waals surface area contributed by atoms with Gasteiger partial charge in [0.15, 0.2) is 0 Å². The molecule has 0 bridgehead atoms. The molecule has 2 N–H and O–H groups in total. The zero-order valence-electron chi connectivity index (χ0n) is 13.6. The van der Waals surface area contributed by atoms with Crippen molar-refractivity contribution in [2.75, 3.05) is 23.9 Å². The molecule has 126 valence electrons. The maximum absolute atomic E-state index is 11.2. The van der Waals surface area contributed by atoms with Crippen LogP contribution in [0.4, 0.5) is 11.4 Å². The molecule has 0 aliphatic carbocycles.